The number of rotatable bonds is 2. The highest BCUT2D eigenvalue weighted by molar-refractivity contribution is 9.10. The molecule has 0 aliphatic heterocycles. The topological polar surface area (TPSA) is 29.1 Å². The smallest absolute Gasteiger partial charge is 0.252 e. The van der Waals surface area contributed by atoms with Crippen LogP contribution in [0.25, 0.3) is 0 Å². The molecule has 0 radical (unpaired) electrons. The third-order valence-electron chi connectivity index (χ3n) is 3.60. The van der Waals surface area contributed by atoms with E-state index in [9.17, 15) is 9.18 Å². The van der Waals surface area contributed by atoms with Gasteiger partial charge < -0.3 is 5.32 Å². The molecule has 0 heterocycles. The monoisotopic (exact) mass is 313 g/mol. The first-order valence-corrected chi connectivity index (χ1v) is 7.13. The van der Waals surface area contributed by atoms with E-state index in [4.69, 9.17) is 0 Å². The summed E-state index contributed by atoms with van der Waals surface area (Å²) in [7, 11) is 0. The van der Waals surface area contributed by atoms with Crippen LogP contribution in [0.15, 0.2) is 22.7 Å². The number of carbonyl (C=O) groups is 1. The zero-order chi connectivity index (χ0) is 13.1. The number of nitrogens with one attached hydrogen (secondary N) is 1. The number of hydrogen-bond acceptors (Lipinski definition) is 1. The maximum absolute atomic E-state index is 13.2. The molecule has 18 heavy (non-hydrogen) atoms. The maximum Gasteiger partial charge on any atom is 0.252 e. The van der Waals surface area contributed by atoms with E-state index in [1.165, 1.54) is 18.6 Å². The van der Waals surface area contributed by atoms with Crippen LogP contribution in [-0.4, -0.2) is 11.9 Å². The van der Waals surface area contributed by atoms with Crippen molar-refractivity contribution in [2.45, 2.75) is 38.6 Å². The van der Waals surface area contributed by atoms with Gasteiger partial charge in [-0.25, -0.2) is 4.39 Å². The summed E-state index contributed by atoms with van der Waals surface area (Å²) in [4.78, 5) is 12.1. The van der Waals surface area contributed by atoms with E-state index in [-0.39, 0.29) is 17.8 Å². The first kappa shape index (κ1) is 13.5. The molecule has 1 fully saturated rings. The summed E-state index contributed by atoms with van der Waals surface area (Å²) in [5.74, 6) is -0.0878. The standard InChI is InChI=1S/C14H17BrFNO/c1-9-4-2-3-5-13(9)17-14(18)11-8-10(16)6-7-12(11)15/h6-9,13H,2-5H2,1H3,(H,17,18). The lowest BCUT2D eigenvalue weighted by Crippen LogP contribution is -2.41. The van der Waals surface area contributed by atoms with Crippen molar-refractivity contribution < 1.29 is 9.18 Å². The Morgan fingerprint density at radius 2 is 2.11 bits per heavy atom. The summed E-state index contributed by atoms with van der Waals surface area (Å²) in [6.07, 6.45) is 4.55. The predicted molar refractivity (Wildman–Crippen MR) is 73.0 cm³/mol. The normalized spacial score (nSPS) is 23.7. The molecule has 0 saturated heterocycles. The van der Waals surface area contributed by atoms with Gasteiger partial charge in [-0.2, -0.15) is 0 Å². The summed E-state index contributed by atoms with van der Waals surface area (Å²) in [5.41, 5.74) is 0.368. The van der Waals surface area contributed by atoms with Crippen molar-refractivity contribution in [3.05, 3.63) is 34.1 Å². The van der Waals surface area contributed by atoms with Crippen LogP contribution in [0.5, 0.6) is 0 Å². The fourth-order valence-corrected chi connectivity index (χ4v) is 2.88. The van der Waals surface area contributed by atoms with E-state index < -0.39 is 0 Å². The zero-order valence-corrected chi connectivity index (χ0v) is 12.0. The molecule has 2 unspecified atom stereocenters. The average Bonchev–Trinajstić information content (AvgIpc) is 2.35. The van der Waals surface area contributed by atoms with Crippen molar-refractivity contribution in [2.75, 3.05) is 0 Å². The third-order valence-corrected chi connectivity index (χ3v) is 4.29. The SMILES string of the molecule is CC1CCCCC1NC(=O)c1cc(F)ccc1Br. The minimum absolute atomic E-state index is 0.194. The molecule has 4 heteroatoms. The molecule has 1 aliphatic rings. The fourth-order valence-electron chi connectivity index (χ4n) is 2.45. The van der Waals surface area contributed by atoms with Gasteiger partial charge >= 0.3 is 0 Å². The summed E-state index contributed by atoms with van der Waals surface area (Å²) >= 11 is 3.28. The Bertz CT molecular complexity index is 449. The summed E-state index contributed by atoms with van der Waals surface area (Å²) in [6, 6.07) is 4.38. The summed E-state index contributed by atoms with van der Waals surface area (Å²) in [6.45, 7) is 2.16. The second-order valence-electron chi connectivity index (χ2n) is 4.97. The van der Waals surface area contributed by atoms with Gasteiger partial charge in [0, 0.05) is 10.5 Å². The van der Waals surface area contributed by atoms with Gasteiger partial charge in [0.05, 0.1) is 5.56 Å². The van der Waals surface area contributed by atoms with Gasteiger partial charge in [0.2, 0.25) is 0 Å². The van der Waals surface area contributed by atoms with Gasteiger partial charge in [-0.15, -0.1) is 0 Å². The van der Waals surface area contributed by atoms with Gasteiger partial charge in [0.1, 0.15) is 5.82 Å². The van der Waals surface area contributed by atoms with Crippen molar-refractivity contribution in [1.29, 1.82) is 0 Å². The number of halogens is 2. The molecule has 1 amide bonds. The molecule has 0 spiro atoms. The zero-order valence-electron chi connectivity index (χ0n) is 10.4. The van der Waals surface area contributed by atoms with E-state index in [1.807, 2.05) is 0 Å². The van der Waals surface area contributed by atoms with E-state index >= 15 is 0 Å². The summed E-state index contributed by atoms with van der Waals surface area (Å²) < 4.78 is 13.8. The number of hydrogen-bond donors (Lipinski definition) is 1. The Morgan fingerprint density at radius 3 is 2.83 bits per heavy atom. The predicted octanol–water partition coefficient (Wildman–Crippen LogP) is 3.90. The molecule has 2 nitrogen and oxygen atoms in total. The second kappa shape index (κ2) is 5.83. The molecule has 0 aromatic heterocycles. The molecule has 98 valence electrons. The lowest BCUT2D eigenvalue weighted by Gasteiger charge is -2.29. The van der Waals surface area contributed by atoms with Crippen molar-refractivity contribution >= 4 is 21.8 Å². The molecule has 1 aromatic carbocycles. The van der Waals surface area contributed by atoms with Crippen molar-refractivity contribution in [2.24, 2.45) is 5.92 Å². The van der Waals surface area contributed by atoms with E-state index in [1.54, 1.807) is 6.07 Å². The average molecular weight is 314 g/mol. The lowest BCUT2D eigenvalue weighted by molar-refractivity contribution is 0.0909. The van der Waals surface area contributed by atoms with Crippen LogP contribution >= 0.6 is 15.9 Å². The van der Waals surface area contributed by atoms with Crippen LogP contribution in [0.4, 0.5) is 4.39 Å². The van der Waals surface area contributed by atoms with Gasteiger partial charge in [-0.1, -0.05) is 19.8 Å². The quantitative estimate of drug-likeness (QED) is 0.881. The van der Waals surface area contributed by atoms with Gasteiger partial charge in [0.15, 0.2) is 0 Å². The second-order valence-corrected chi connectivity index (χ2v) is 5.82. The van der Waals surface area contributed by atoms with Crippen LogP contribution in [0.1, 0.15) is 43.0 Å². The van der Waals surface area contributed by atoms with Crippen LogP contribution < -0.4 is 5.32 Å². The Labute approximate surface area is 115 Å². The minimum Gasteiger partial charge on any atom is -0.349 e. The highest BCUT2D eigenvalue weighted by Gasteiger charge is 2.24. The highest BCUT2D eigenvalue weighted by atomic mass is 79.9. The number of carbonyl (C=O) groups excluding carboxylic acids is 1. The molecule has 2 atom stereocenters. The Kier molecular flexibility index (Phi) is 4.38. The van der Waals surface area contributed by atoms with E-state index in [0.29, 0.717) is 16.0 Å². The Balaban J connectivity index is 2.09. The number of benzene rings is 1. The number of amides is 1. The van der Waals surface area contributed by atoms with Crippen LogP contribution in [0.2, 0.25) is 0 Å². The fraction of sp³-hybridized carbons (Fsp3) is 0.500. The lowest BCUT2D eigenvalue weighted by atomic mass is 9.86. The molecule has 2 rings (SSSR count). The molecule has 1 N–H and O–H groups in total. The molecule has 1 saturated carbocycles. The molecule has 0 bridgehead atoms. The first-order valence-electron chi connectivity index (χ1n) is 6.34. The molecular weight excluding hydrogens is 297 g/mol. The van der Waals surface area contributed by atoms with Gasteiger partial charge in [-0.3, -0.25) is 4.79 Å². The van der Waals surface area contributed by atoms with E-state index in [2.05, 4.69) is 28.2 Å². The van der Waals surface area contributed by atoms with Crippen molar-refractivity contribution in [1.82, 2.24) is 5.32 Å². The molecular formula is C14H17BrFNO. The molecule has 1 aromatic rings. The van der Waals surface area contributed by atoms with Gasteiger partial charge in [-0.05, 0) is 52.9 Å². The highest BCUT2D eigenvalue weighted by Crippen LogP contribution is 2.25. The third kappa shape index (κ3) is 3.10. The Hall–Kier alpha value is -0.900. The van der Waals surface area contributed by atoms with Gasteiger partial charge in [0.25, 0.3) is 5.91 Å². The first-order chi connectivity index (χ1) is 8.58. The minimum atomic E-state index is -0.389. The molecule has 1 aliphatic carbocycles. The van der Waals surface area contributed by atoms with Crippen molar-refractivity contribution in [3.8, 4) is 0 Å². The van der Waals surface area contributed by atoms with Crippen LogP contribution in [0.3, 0.4) is 0 Å². The van der Waals surface area contributed by atoms with E-state index in [0.717, 1.165) is 19.3 Å². The Morgan fingerprint density at radius 1 is 1.39 bits per heavy atom. The van der Waals surface area contributed by atoms with Crippen LogP contribution in [-0.2, 0) is 0 Å². The maximum atomic E-state index is 13.2. The van der Waals surface area contributed by atoms with Crippen molar-refractivity contribution in [3.63, 3.8) is 0 Å². The van der Waals surface area contributed by atoms with Crippen LogP contribution in [0, 0.1) is 11.7 Å². The summed E-state index contributed by atoms with van der Waals surface area (Å²) in [5, 5.41) is 3.02. The largest absolute Gasteiger partial charge is 0.349 e.